The van der Waals surface area contributed by atoms with Gasteiger partial charge in [-0.3, -0.25) is 0 Å². The number of nitrogens with zero attached hydrogens (tertiary/aromatic N) is 3. The Balaban J connectivity index is 1.59. The van der Waals surface area contributed by atoms with Crippen molar-refractivity contribution in [1.82, 2.24) is 20.4 Å². The van der Waals surface area contributed by atoms with E-state index in [0.29, 0.717) is 23.9 Å². The lowest BCUT2D eigenvalue weighted by atomic mass is 10.1. The number of hydrogen-bond donors (Lipinski definition) is 1. The number of rotatable bonds is 8. The number of benzene rings is 1. The van der Waals surface area contributed by atoms with Gasteiger partial charge in [0.05, 0.1) is 32.1 Å². The highest BCUT2D eigenvalue weighted by Gasteiger charge is 2.39. The molecule has 0 radical (unpaired) electrons. The van der Waals surface area contributed by atoms with E-state index in [1.807, 2.05) is 39.0 Å². The summed E-state index contributed by atoms with van der Waals surface area (Å²) in [6.45, 7) is 6.32. The molecule has 2 aromatic rings. The number of aromatic nitrogens is 2. The van der Waals surface area contributed by atoms with Crippen LogP contribution in [0.15, 0.2) is 30.3 Å². The maximum absolute atomic E-state index is 12.5. The van der Waals surface area contributed by atoms with Crippen molar-refractivity contribution in [2.24, 2.45) is 0 Å². The average Bonchev–Trinajstić information content (AvgIpc) is 3.24. The highest BCUT2D eigenvalue weighted by atomic mass is 16.6. The summed E-state index contributed by atoms with van der Waals surface area (Å²) in [7, 11) is 6.58. The predicted molar refractivity (Wildman–Crippen MR) is 129 cm³/mol. The zero-order valence-corrected chi connectivity index (χ0v) is 21.1. The Labute approximate surface area is 201 Å². The molecular formula is C25H36N4O5. The Morgan fingerprint density at radius 3 is 2.38 bits per heavy atom. The lowest BCUT2D eigenvalue weighted by Gasteiger charge is -2.31. The molecule has 1 aromatic carbocycles. The van der Waals surface area contributed by atoms with E-state index in [2.05, 4.69) is 27.6 Å². The third-order valence-corrected chi connectivity index (χ3v) is 5.94. The molecule has 1 aromatic heterocycles. The molecule has 9 heteroatoms. The molecule has 1 N–H and O–H groups in total. The van der Waals surface area contributed by atoms with E-state index in [4.69, 9.17) is 18.9 Å². The molecule has 0 saturated heterocycles. The van der Waals surface area contributed by atoms with Crippen LogP contribution in [0.1, 0.15) is 39.2 Å². The van der Waals surface area contributed by atoms with Crippen LogP contribution in [0.5, 0.6) is 11.6 Å². The van der Waals surface area contributed by atoms with Crippen LogP contribution in [-0.2, 0) is 16.0 Å². The van der Waals surface area contributed by atoms with E-state index in [1.54, 1.807) is 26.2 Å². The Kier molecular flexibility index (Phi) is 8.33. The Hall–Kier alpha value is -2.91. The van der Waals surface area contributed by atoms with Gasteiger partial charge in [-0.25, -0.2) is 4.79 Å². The summed E-state index contributed by atoms with van der Waals surface area (Å²) < 4.78 is 21.7. The molecule has 3 rings (SSSR count). The number of carbonyl (C=O) groups excluding carboxylic acids is 1. The molecule has 1 heterocycles. The number of amides is 1. The molecule has 0 spiro atoms. The summed E-state index contributed by atoms with van der Waals surface area (Å²) in [4.78, 5) is 14.2. The van der Waals surface area contributed by atoms with E-state index in [-0.39, 0.29) is 24.3 Å². The topological polar surface area (TPSA) is 95.0 Å². The smallest absolute Gasteiger partial charge is 0.410 e. The molecular weight excluding hydrogens is 436 g/mol. The molecule has 186 valence electrons. The van der Waals surface area contributed by atoms with Crippen LogP contribution in [0.4, 0.5) is 4.79 Å². The van der Waals surface area contributed by atoms with Crippen molar-refractivity contribution in [2.45, 2.75) is 63.9 Å². The highest BCUT2D eigenvalue weighted by Crippen LogP contribution is 2.29. The SMILES string of the molecule is COc1cc(-c2ccc(CN[C@H]3C[C@@H](OC)[C@@H](N(C)C(=O)OC(C)(C)C)C3)cc2)nnc1OC. The number of methoxy groups -OCH3 is 3. The Morgan fingerprint density at radius 2 is 1.79 bits per heavy atom. The summed E-state index contributed by atoms with van der Waals surface area (Å²) in [5, 5.41) is 11.9. The summed E-state index contributed by atoms with van der Waals surface area (Å²) in [6, 6.07) is 10.2. The van der Waals surface area contributed by atoms with Gasteiger partial charge in [0, 0.05) is 38.4 Å². The molecule has 1 saturated carbocycles. The summed E-state index contributed by atoms with van der Waals surface area (Å²) in [6.07, 6.45) is 1.26. The number of hydrogen-bond acceptors (Lipinski definition) is 8. The van der Waals surface area contributed by atoms with Crippen molar-refractivity contribution >= 4 is 6.09 Å². The third kappa shape index (κ3) is 6.36. The quantitative estimate of drug-likeness (QED) is 0.622. The highest BCUT2D eigenvalue weighted by molar-refractivity contribution is 5.68. The molecule has 3 atom stereocenters. The normalized spacial score (nSPS) is 20.1. The van der Waals surface area contributed by atoms with Crippen molar-refractivity contribution < 1.29 is 23.7 Å². The van der Waals surface area contributed by atoms with Gasteiger partial charge in [-0.1, -0.05) is 24.3 Å². The van der Waals surface area contributed by atoms with Crippen molar-refractivity contribution in [3.05, 3.63) is 35.9 Å². The van der Waals surface area contributed by atoms with Crippen LogP contribution in [0.25, 0.3) is 11.3 Å². The second-order valence-corrected chi connectivity index (χ2v) is 9.49. The Bertz CT molecular complexity index is 961. The fourth-order valence-electron chi connectivity index (χ4n) is 4.12. The molecule has 0 unspecified atom stereocenters. The average molecular weight is 473 g/mol. The molecule has 0 bridgehead atoms. The summed E-state index contributed by atoms with van der Waals surface area (Å²) in [5.41, 5.74) is 2.27. The Morgan fingerprint density at radius 1 is 1.09 bits per heavy atom. The van der Waals surface area contributed by atoms with Crippen LogP contribution in [0.3, 0.4) is 0 Å². The maximum atomic E-state index is 12.5. The molecule has 1 fully saturated rings. The lowest BCUT2D eigenvalue weighted by molar-refractivity contribution is -0.000463. The van der Waals surface area contributed by atoms with Crippen LogP contribution >= 0.6 is 0 Å². The first-order valence-electron chi connectivity index (χ1n) is 11.4. The number of likely N-dealkylation sites (N-methyl/N-ethyl adjacent to an activating group) is 1. The van der Waals surface area contributed by atoms with E-state index in [9.17, 15) is 4.79 Å². The van der Waals surface area contributed by atoms with Crippen molar-refractivity contribution in [2.75, 3.05) is 28.4 Å². The molecule has 9 nitrogen and oxygen atoms in total. The molecule has 1 aliphatic rings. The van der Waals surface area contributed by atoms with Crippen LogP contribution in [0.2, 0.25) is 0 Å². The van der Waals surface area contributed by atoms with Crippen molar-refractivity contribution in [3.63, 3.8) is 0 Å². The van der Waals surface area contributed by atoms with Gasteiger partial charge in [0.25, 0.3) is 5.88 Å². The number of nitrogens with one attached hydrogen (secondary N) is 1. The zero-order chi connectivity index (χ0) is 24.9. The van der Waals surface area contributed by atoms with E-state index >= 15 is 0 Å². The first kappa shape index (κ1) is 25.7. The van der Waals surface area contributed by atoms with Gasteiger partial charge < -0.3 is 29.2 Å². The van der Waals surface area contributed by atoms with Crippen LogP contribution in [-0.4, -0.2) is 73.4 Å². The van der Waals surface area contributed by atoms with Gasteiger partial charge >= 0.3 is 6.09 Å². The van der Waals surface area contributed by atoms with Crippen molar-refractivity contribution in [3.8, 4) is 22.9 Å². The van der Waals surface area contributed by atoms with Gasteiger partial charge in [-0.15, -0.1) is 10.2 Å². The van der Waals surface area contributed by atoms with Gasteiger partial charge in [0.1, 0.15) is 5.60 Å². The van der Waals surface area contributed by atoms with Gasteiger partial charge in [-0.2, -0.15) is 0 Å². The van der Waals surface area contributed by atoms with E-state index in [1.165, 1.54) is 7.11 Å². The van der Waals surface area contributed by atoms with E-state index in [0.717, 1.165) is 24.0 Å². The first-order chi connectivity index (χ1) is 16.1. The monoisotopic (exact) mass is 472 g/mol. The van der Waals surface area contributed by atoms with E-state index < -0.39 is 5.60 Å². The summed E-state index contributed by atoms with van der Waals surface area (Å²) >= 11 is 0. The minimum absolute atomic E-state index is 0.0386. The first-order valence-corrected chi connectivity index (χ1v) is 11.4. The number of ether oxygens (including phenoxy) is 4. The molecule has 1 amide bonds. The number of carbonyl (C=O) groups is 1. The second kappa shape index (κ2) is 11.0. The summed E-state index contributed by atoms with van der Waals surface area (Å²) in [5.74, 6) is 0.895. The molecule has 34 heavy (non-hydrogen) atoms. The third-order valence-electron chi connectivity index (χ3n) is 5.94. The molecule has 0 aliphatic heterocycles. The van der Waals surface area contributed by atoms with Gasteiger partial charge in [0.2, 0.25) is 0 Å². The largest absolute Gasteiger partial charge is 0.491 e. The van der Waals surface area contributed by atoms with Crippen molar-refractivity contribution in [1.29, 1.82) is 0 Å². The minimum atomic E-state index is -0.529. The van der Waals surface area contributed by atoms with Gasteiger partial charge in [-0.05, 0) is 39.2 Å². The van der Waals surface area contributed by atoms with Crippen LogP contribution < -0.4 is 14.8 Å². The fourth-order valence-corrected chi connectivity index (χ4v) is 4.12. The maximum Gasteiger partial charge on any atom is 0.410 e. The standard InChI is InChI=1S/C25H36N4O5/c1-25(2,3)34-24(30)29(4)20-12-18(13-21(20)31-5)26-15-16-8-10-17(11-9-16)19-14-22(32-6)23(33-7)28-27-19/h8-11,14,18,20-21,26H,12-13,15H2,1-7H3/t18-,20+,21-/m1/s1. The fraction of sp³-hybridized carbons (Fsp3) is 0.560. The second-order valence-electron chi connectivity index (χ2n) is 9.49. The van der Waals surface area contributed by atoms with Crippen LogP contribution in [0, 0.1) is 0 Å². The minimum Gasteiger partial charge on any atom is -0.491 e. The zero-order valence-electron chi connectivity index (χ0n) is 21.1. The lowest BCUT2D eigenvalue weighted by Crippen LogP contribution is -2.44. The molecule has 1 aliphatic carbocycles. The van der Waals surface area contributed by atoms with Gasteiger partial charge in [0.15, 0.2) is 5.75 Å². The predicted octanol–water partition coefficient (Wildman–Crippen LogP) is 3.66.